The largest absolute Gasteiger partial charge is 0.147 e. The van der Waals surface area contributed by atoms with Crippen LogP contribution in [0.2, 0.25) is 0 Å². The van der Waals surface area contributed by atoms with E-state index < -0.39 is 0 Å². The lowest BCUT2D eigenvalue weighted by Crippen LogP contribution is -1.91. The van der Waals surface area contributed by atoms with Crippen molar-refractivity contribution >= 4 is 11.6 Å². The molecular formula is C9H12N2. The molecule has 0 fully saturated rings. The van der Waals surface area contributed by atoms with Gasteiger partial charge in [-0.3, -0.25) is 0 Å². The summed E-state index contributed by atoms with van der Waals surface area (Å²) in [7, 11) is 0. The third-order valence-electron chi connectivity index (χ3n) is 1.43. The van der Waals surface area contributed by atoms with Crippen molar-refractivity contribution < 1.29 is 0 Å². The van der Waals surface area contributed by atoms with Crippen LogP contribution < -0.4 is 0 Å². The number of hydrogen-bond donors (Lipinski definition) is 0. The van der Waals surface area contributed by atoms with Crippen LogP contribution >= 0.6 is 0 Å². The first kappa shape index (κ1) is 7.96. The number of hydrogen-bond acceptors (Lipinski definition) is 2. The Bertz CT molecular complexity index is 253. The van der Waals surface area contributed by atoms with Gasteiger partial charge < -0.3 is 0 Å². The highest BCUT2D eigenvalue weighted by atomic mass is 15.2. The molecule has 0 spiro atoms. The van der Waals surface area contributed by atoms with Crippen molar-refractivity contribution in [2.24, 2.45) is 10.2 Å². The Balaban J connectivity index is 2.76. The van der Waals surface area contributed by atoms with E-state index >= 15 is 0 Å². The van der Waals surface area contributed by atoms with E-state index in [1.807, 2.05) is 19.1 Å². The highest BCUT2D eigenvalue weighted by Gasteiger charge is 1.95. The van der Waals surface area contributed by atoms with E-state index in [2.05, 4.69) is 23.0 Å². The summed E-state index contributed by atoms with van der Waals surface area (Å²) < 4.78 is 0. The van der Waals surface area contributed by atoms with Gasteiger partial charge >= 0.3 is 0 Å². The zero-order valence-electron chi connectivity index (χ0n) is 6.96. The van der Waals surface area contributed by atoms with Crippen LogP contribution in [0.5, 0.6) is 0 Å². The van der Waals surface area contributed by atoms with Crippen LogP contribution in [0.15, 0.2) is 27.9 Å². The summed E-state index contributed by atoms with van der Waals surface area (Å²) in [5.41, 5.74) is 2.21. The SMILES string of the molecule is CCCC1=NN=C=CC(C)=C1. The van der Waals surface area contributed by atoms with Crippen molar-refractivity contribution in [3.8, 4) is 0 Å². The fraction of sp³-hybridized carbons (Fsp3) is 0.444. The lowest BCUT2D eigenvalue weighted by molar-refractivity contribution is 0.987. The highest BCUT2D eigenvalue weighted by Crippen LogP contribution is 2.02. The maximum atomic E-state index is 3.99. The molecule has 0 unspecified atom stereocenters. The molecule has 1 aliphatic heterocycles. The van der Waals surface area contributed by atoms with Gasteiger partial charge in [-0.1, -0.05) is 13.3 Å². The minimum Gasteiger partial charge on any atom is -0.147 e. The standard InChI is InChI=1S/C9H12N2/c1-3-4-9-7-8(2)5-6-10-11-9/h5,7H,3-4H2,1-2H3. The summed E-state index contributed by atoms with van der Waals surface area (Å²) in [5.74, 6) is 2.73. The molecule has 1 aliphatic rings. The predicted molar refractivity (Wildman–Crippen MR) is 48.1 cm³/mol. The van der Waals surface area contributed by atoms with Gasteiger partial charge in [0.05, 0.1) is 5.71 Å². The van der Waals surface area contributed by atoms with Crippen LogP contribution in [0.3, 0.4) is 0 Å². The predicted octanol–water partition coefficient (Wildman–Crippen LogP) is 2.33. The van der Waals surface area contributed by atoms with E-state index in [4.69, 9.17) is 0 Å². The normalized spacial score (nSPS) is 15.8. The minimum absolute atomic E-state index is 0.996. The third-order valence-corrected chi connectivity index (χ3v) is 1.43. The molecule has 0 aromatic heterocycles. The van der Waals surface area contributed by atoms with Crippen LogP contribution in [0.1, 0.15) is 26.7 Å². The molecule has 0 saturated carbocycles. The third kappa shape index (κ3) is 2.52. The lowest BCUT2D eigenvalue weighted by atomic mass is 10.1. The summed E-state index contributed by atoms with van der Waals surface area (Å²) in [6, 6.07) is 0. The Morgan fingerprint density at radius 1 is 1.55 bits per heavy atom. The van der Waals surface area contributed by atoms with E-state index in [0.29, 0.717) is 0 Å². The molecule has 0 aromatic carbocycles. The Morgan fingerprint density at radius 3 is 3.09 bits per heavy atom. The Morgan fingerprint density at radius 2 is 2.36 bits per heavy atom. The lowest BCUT2D eigenvalue weighted by Gasteiger charge is -1.94. The average Bonchev–Trinajstić information content (AvgIpc) is 2.15. The van der Waals surface area contributed by atoms with Gasteiger partial charge in [0.15, 0.2) is 0 Å². The number of rotatable bonds is 2. The van der Waals surface area contributed by atoms with Crippen molar-refractivity contribution in [3.05, 3.63) is 17.7 Å². The molecule has 1 rings (SSSR count). The van der Waals surface area contributed by atoms with E-state index in [9.17, 15) is 0 Å². The van der Waals surface area contributed by atoms with Gasteiger partial charge in [-0.2, -0.15) is 0 Å². The van der Waals surface area contributed by atoms with Gasteiger partial charge in [-0.15, -0.1) is 10.2 Å². The van der Waals surface area contributed by atoms with Crippen LogP contribution in [-0.4, -0.2) is 11.6 Å². The summed E-state index contributed by atoms with van der Waals surface area (Å²) in [4.78, 5) is 0. The smallest absolute Gasteiger partial charge is 0.0641 e. The summed E-state index contributed by atoms with van der Waals surface area (Å²) >= 11 is 0. The van der Waals surface area contributed by atoms with E-state index in [0.717, 1.165) is 18.6 Å². The van der Waals surface area contributed by atoms with Gasteiger partial charge in [-0.25, -0.2) is 0 Å². The zero-order chi connectivity index (χ0) is 8.10. The molecule has 1 heterocycles. The Labute approximate surface area is 67.0 Å². The molecule has 2 nitrogen and oxygen atoms in total. The molecule has 0 N–H and O–H groups in total. The zero-order valence-corrected chi connectivity index (χ0v) is 6.96. The van der Waals surface area contributed by atoms with Crippen molar-refractivity contribution in [2.75, 3.05) is 0 Å². The fourth-order valence-corrected chi connectivity index (χ4v) is 0.935. The molecule has 58 valence electrons. The van der Waals surface area contributed by atoms with Crippen molar-refractivity contribution in [3.63, 3.8) is 0 Å². The monoisotopic (exact) mass is 148 g/mol. The summed E-state index contributed by atoms with van der Waals surface area (Å²) in [6.45, 7) is 4.16. The number of nitrogens with zero attached hydrogens (tertiary/aromatic N) is 2. The van der Waals surface area contributed by atoms with Gasteiger partial charge in [0, 0.05) is 11.9 Å². The second-order valence-electron chi connectivity index (χ2n) is 2.60. The molecular weight excluding hydrogens is 136 g/mol. The maximum Gasteiger partial charge on any atom is 0.0641 e. The molecule has 2 heteroatoms. The maximum absolute atomic E-state index is 3.99. The first-order chi connectivity index (χ1) is 5.33. The minimum atomic E-state index is 0.996. The van der Waals surface area contributed by atoms with Gasteiger partial charge in [0.1, 0.15) is 0 Å². The van der Waals surface area contributed by atoms with Crippen LogP contribution in [0, 0.1) is 0 Å². The fourth-order valence-electron chi connectivity index (χ4n) is 0.935. The van der Waals surface area contributed by atoms with Crippen LogP contribution in [-0.2, 0) is 0 Å². The molecule has 0 radical (unpaired) electrons. The van der Waals surface area contributed by atoms with Crippen molar-refractivity contribution in [2.45, 2.75) is 26.7 Å². The summed E-state index contributed by atoms with van der Waals surface area (Å²) in [5, 5.41) is 7.74. The molecule has 0 atom stereocenters. The highest BCUT2D eigenvalue weighted by molar-refractivity contribution is 5.96. The van der Waals surface area contributed by atoms with Crippen molar-refractivity contribution in [1.29, 1.82) is 0 Å². The van der Waals surface area contributed by atoms with Gasteiger partial charge in [0.2, 0.25) is 0 Å². The van der Waals surface area contributed by atoms with Gasteiger partial charge in [-0.05, 0) is 25.0 Å². The molecule has 0 aliphatic carbocycles. The van der Waals surface area contributed by atoms with Crippen molar-refractivity contribution in [1.82, 2.24) is 0 Å². The van der Waals surface area contributed by atoms with E-state index in [1.54, 1.807) is 0 Å². The van der Waals surface area contributed by atoms with Gasteiger partial charge in [0.25, 0.3) is 0 Å². The van der Waals surface area contributed by atoms with Crippen LogP contribution in [0.4, 0.5) is 0 Å². The first-order valence-corrected chi connectivity index (χ1v) is 3.86. The molecule has 0 bridgehead atoms. The second-order valence-corrected chi connectivity index (χ2v) is 2.60. The quantitative estimate of drug-likeness (QED) is 0.574. The molecule has 0 amide bonds. The van der Waals surface area contributed by atoms with E-state index in [1.165, 1.54) is 5.57 Å². The average molecular weight is 148 g/mol. The molecule has 0 aromatic rings. The Hall–Kier alpha value is -1.14. The topological polar surface area (TPSA) is 24.7 Å². The Kier molecular flexibility index (Phi) is 2.82. The molecule has 11 heavy (non-hydrogen) atoms. The van der Waals surface area contributed by atoms with Crippen LogP contribution in [0.25, 0.3) is 0 Å². The second kappa shape index (κ2) is 3.89. The number of allylic oxidation sites excluding steroid dienone is 3. The van der Waals surface area contributed by atoms with E-state index in [-0.39, 0.29) is 0 Å². The first-order valence-electron chi connectivity index (χ1n) is 3.86. The summed E-state index contributed by atoms with van der Waals surface area (Å²) in [6.07, 6.45) is 5.99. The molecule has 0 saturated heterocycles.